The lowest BCUT2D eigenvalue weighted by atomic mass is 10.0. The molecule has 0 saturated carbocycles. The average molecular weight is 365 g/mol. The first kappa shape index (κ1) is 17.3. The number of allylic oxidation sites excluding steroid dienone is 3. The molecule has 0 bridgehead atoms. The topological polar surface area (TPSA) is 68.8 Å². The standard InChI is InChI=1S/C20H23N5O2/c1-15-18(13-17-6-2-3-8-25(15)17)19(26)23-9-11-24(12-10-23)20(27)22-16-5-4-7-21-14-16/h2-8,13-15,18H,9-12H2,1H3,(H,22,27). The summed E-state index contributed by atoms with van der Waals surface area (Å²) in [5.74, 6) is -0.0123. The summed E-state index contributed by atoms with van der Waals surface area (Å²) in [7, 11) is 0. The molecule has 1 fully saturated rings. The summed E-state index contributed by atoms with van der Waals surface area (Å²) in [6, 6.07) is 3.54. The van der Waals surface area contributed by atoms with Crippen LogP contribution in [0.4, 0.5) is 10.5 Å². The molecule has 140 valence electrons. The first-order chi connectivity index (χ1) is 13.1. The monoisotopic (exact) mass is 365 g/mol. The van der Waals surface area contributed by atoms with Gasteiger partial charge in [-0.2, -0.15) is 0 Å². The van der Waals surface area contributed by atoms with E-state index in [1.54, 1.807) is 29.4 Å². The van der Waals surface area contributed by atoms with Crippen LogP contribution in [0.1, 0.15) is 6.92 Å². The van der Waals surface area contributed by atoms with Crippen molar-refractivity contribution >= 4 is 17.6 Å². The highest BCUT2D eigenvalue weighted by atomic mass is 16.2. The third-order valence-electron chi connectivity index (χ3n) is 5.31. The third-order valence-corrected chi connectivity index (χ3v) is 5.31. The predicted molar refractivity (Wildman–Crippen MR) is 103 cm³/mol. The Hall–Kier alpha value is -3.09. The summed E-state index contributed by atoms with van der Waals surface area (Å²) in [5, 5.41) is 2.84. The van der Waals surface area contributed by atoms with Crippen molar-refractivity contribution in [2.45, 2.75) is 13.0 Å². The van der Waals surface area contributed by atoms with E-state index < -0.39 is 0 Å². The second-order valence-corrected chi connectivity index (χ2v) is 6.95. The molecule has 0 aliphatic carbocycles. The Kier molecular flexibility index (Phi) is 4.66. The van der Waals surface area contributed by atoms with Crippen LogP contribution in [0.5, 0.6) is 0 Å². The molecule has 7 nitrogen and oxygen atoms in total. The van der Waals surface area contributed by atoms with Gasteiger partial charge in [0.05, 0.1) is 17.8 Å². The molecule has 3 aliphatic rings. The van der Waals surface area contributed by atoms with Crippen molar-refractivity contribution in [2.24, 2.45) is 5.92 Å². The second-order valence-electron chi connectivity index (χ2n) is 6.95. The van der Waals surface area contributed by atoms with Crippen LogP contribution < -0.4 is 5.32 Å². The highest BCUT2D eigenvalue weighted by Gasteiger charge is 2.37. The van der Waals surface area contributed by atoms with Crippen LogP contribution in [-0.2, 0) is 4.79 Å². The van der Waals surface area contributed by atoms with E-state index >= 15 is 0 Å². The number of fused-ring (bicyclic) bond motifs is 1. The van der Waals surface area contributed by atoms with Crippen LogP contribution in [0.2, 0.25) is 0 Å². The van der Waals surface area contributed by atoms with Gasteiger partial charge in [-0.05, 0) is 37.3 Å². The molecule has 1 saturated heterocycles. The van der Waals surface area contributed by atoms with Gasteiger partial charge in [-0.15, -0.1) is 0 Å². The zero-order chi connectivity index (χ0) is 18.8. The second kappa shape index (κ2) is 7.26. The van der Waals surface area contributed by atoms with Crippen molar-refractivity contribution in [3.05, 3.63) is 60.7 Å². The van der Waals surface area contributed by atoms with Crippen LogP contribution in [0.3, 0.4) is 0 Å². The van der Waals surface area contributed by atoms with E-state index in [1.807, 2.05) is 29.3 Å². The maximum absolute atomic E-state index is 13.0. The fourth-order valence-corrected chi connectivity index (χ4v) is 3.74. The minimum Gasteiger partial charge on any atom is -0.344 e. The van der Waals surface area contributed by atoms with Gasteiger partial charge in [0.15, 0.2) is 0 Å². The van der Waals surface area contributed by atoms with E-state index in [1.165, 1.54) is 0 Å². The molecule has 27 heavy (non-hydrogen) atoms. The number of rotatable bonds is 2. The van der Waals surface area contributed by atoms with E-state index in [-0.39, 0.29) is 23.9 Å². The van der Waals surface area contributed by atoms with E-state index in [4.69, 9.17) is 0 Å². The summed E-state index contributed by atoms with van der Waals surface area (Å²) in [5.41, 5.74) is 1.75. The quantitative estimate of drug-likeness (QED) is 0.871. The van der Waals surface area contributed by atoms with Crippen molar-refractivity contribution in [1.29, 1.82) is 0 Å². The zero-order valence-electron chi connectivity index (χ0n) is 15.3. The molecule has 3 amide bonds. The van der Waals surface area contributed by atoms with Crippen molar-refractivity contribution in [3.8, 4) is 0 Å². The number of carbonyl (C=O) groups excluding carboxylic acids is 2. The molecule has 2 unspecified atom stereocenters. The van der Waals surface area contributed by atoms with Crippen molar-refractivity contribution in [3.63, 3.8) is 0 Å². The Morgan fingerprint density at radius 2 is 1.93 bits per heavy atom. The Morgan fingerprint density at radius 3 is 2.63 bits per heavy atom. The Balaban J connectivity index is 1.33. The third kappa shape index (κ3) is 3.45. The van der Waals surface area contributed by atoms with Gasteiger partial charge < -0.3 is 20.0 Å². The number of nitrogens with one attached hydrogen (secondary N) is 1. The number of amides is 3. The summed E-state index contributed by atoms with van der Waals surface area (Å²) in [6.07, 6.45) is 13.4. The van der Waals surface area contributed by atoms with Crippen LogP contribution >= 0.6 is 0 Å². The Labute approximate surface area is 158 Å². The maximum atomic E-state index is 13.0. The average Bonchev–Trinajstić information content (AvgIpc) is 3.05. The van der Waals surface area contributed by atoms with Crippen molar-refractivity contribution < 1.29 is 9.59 Å². The van der Waals surface area contributed by atoms with Crippen LogP contribution in [0.15, 0.2) is 60.7 Å². The lowest BCUT2D eigenvalue weighted by Gasteiger charge is -2.36. The van der Waals surface area contributed by atoms with Gasteiger partial charge in [-0.3, -0.25) is 9.78 Å². The number of carbonyl (C=O) groups is 2. The van der Waals surface area contributed by atoms with E-state index in [0.717, 1.165) is 5.70 Å². The molecule has 1 aromatic rings. The number of piperazine rings is 1. The number of hydrogen-bond acceptors (Lipinski definition) is 4. The number of anilines is 1. The van der Waals surface area contributed by atoms with E-state index in [2.05, 4.69) is 28.2 Å². The van der Waals surface area contributed by atoms with Crippen molar-refractivity contribution in [1.82, 2.24) is 19.7 Å². The largest absolute Gasteiger partial charge is 0.344 e. The molecule has 0 radical (unpaired) electrons. The van der Waals surface area contributed by atoms with Crippen LogP contribution in [0, 0.1) is 5.92 Å². The van der Waals surface area contributed by atoms with Gasteiger partial charge in [-0.25, -0.2) is 4.79 Å². The number of nitrogens with zero attached hydrogens (tertiary/aromatic N) is 4. The molecule has 0 spiro atoms. The highest BCUT2D eigenvalue weighted by Crippen LogP contribution is 2.31. The molecular weight excluding hydrogens is 342 g/mol. The number of pyridine rings is 1. The summed E-state index contributed by atoms with van der Waals surface area (Å²) in [4.78, 5) is 35.1. The highest BCUT2D eigenvalue weighted by molar-refractivity contribution is 5.89. The first-order valence-corrected chi connectivity index (χ1v) is 9.23. The number of urea groups is 1. The molecular formula is C20H23N5O2. The Morgan fingerprint density at radius 1 is 1.15 bits per heavy atom. The maximum Gasteiger partial charge on any atom is 0.322 e. The lowest BCUT2D eigenvalue weighted by Crippen LogP contribution is -2.53. The normalized spacial score (nSPS) is 23.9. The van der Waals surface area contributed by atoms with E-state index in [9.17, 15) is 9.59 Å². The van der Waals surface area contributed by atoms with Gasteiger partial charge in [0, 0.05) is 50.3 Å². The minimum absolute atomic E-state index is 0.112. The summed E-state index contributed by atoms with van der Waals surface area (Å²) >= 11 is 0. The van der Waals surface area contributed by atoms with Gasteiger partial charge in [0.25, 0.3) is 0 Å². The molecule has 4 rings (SSSR count). The molecule has 4 heterocycles. The summed E-state index contributed by atoms with van der Waals surface area (Å²) < 4.78 is 0. The summed E-state index contributed by atoms with van der Waals surface area (Å²) in [6.45, 7) is 4.24. The van der Waals surface area contributed by atoms with Gasteiger partial charge in [-0.1, -0.05) is 6.08 Å². The molecule has 1 N–H and O–H groups in total. The fourth-order valence-electron chi connectivity index (χ4n) is 3.74. The van der Waals surface area contributed by atoms with Crippen LogP contribution in [0.25, 0.3) is 0 Å². The molecule has 3 aliphatic heterocycles. The molecule has 1 aromatic heterocycles. The number of hydrogen-bond donors (Lipinski definition) is 1. The van der Waals surface area contributed by atoms with Gasteiger partial charge in [0.1, 0.15) is 0 Å². The van der Waals surface area contributed by atoms with Crippen molar-refractivity contribution in [2.75, 3.05) is 31.5 Å². The van der Waals surface area contributed by atoms with E-state index in [0.29, 0.717) is 31.9 Å². The lowest BCUT2D eigenvalue weighted by molar-refractivity contribution is -0.136. The van der Waals surface area contributed by atoms with Crippen LogP contribution in [-0.4, -0.2) is 63.8 Å². The SMILES string of the molecule is CC1C(C(=O)N2CCN(C(=O)Nc3cccnc3)CC2)C=C2C=CC=CN21. The molecule has 2 atom stereocenters. The van der Waals surface area contributed by atoms with Gasteiger partial charge >= 0.3 is 6.03 Å². The molecule has 7 heteroatoms. The smallest absolute Gasteiger partial charge is 0.322 e. The fraction of sp³-hybridized carbons (Fsp3) is 0.350. The predicted octanol–water partition coefficient (Wildman–Crippen LogP) is 2.05. The Bertz CT molecular complexity index is 809. The molecule has 0 aromatic carbocycles. The minimum atomic E-state index is -0.154. The number of aromatic nitrogens is 1. The first-order valence-electron chi connectivity index (χ1n) is 9.23. The van der Waals surface area contributed by atoms with Gasteiger partial charge in [0.2, 0.25) is 5.91 Å². The zero-order valence-corrected chi connectivity index (χ0v) is 15.3.